The van der Waals surface area contributed by atoms with E-state index in [1.54, 1.807) is 24.3 Å². The largest absolute Gasteiger partial charge is 0.454 e. The third-order valence-electron chi connectivity index (χ3n) is 5.13. The zero-order chi connectivity index (χ0) is 21.8. The van der Waals surface area contributed by atoms with Gasteiger partial charge in [0.05, 0.1) is 10.8 Å². The highest BCUT2D eigenvalue weighted by Crippen LogP contribution is 2.36. The van der Waals surface area contributed by atoms with Gasteiger partial charge in [0.2, 0.25) is 12.7 Å². The van der Waals surface area contributed by atoms with Gasteiger partial charge in [-0.2, -0.15) is 0 Å². The van der Waals surface area contributed by atoms with Crippen molar-refractivity contribution in [3.05, 3.63) is 64.6 Å². The lowest BCUT2D eigenvalue weighted by atomic mass is 9.96. The average Bonchev–Trinajstić information content (AvgIpc) is 3.34. The molecule has 1 fully saturated rings. The fraction of sp³-hybridized carbons (Fsp3) is 0.261. The normalized spacial score (nSPS) is 17.3. The monoisotopic (exact) mass is 438 g/mol. The van der Waals surface area contributed by atoms with E-state index < -0.39 is 0 Å². The van der Waals surface area contributed by atoms with E-state index in [-0.39, 0.29) is 42.9 Å². The Morgan fingerprint density at radius 1 is 1.16 bits per heavy atom. The fourth-order valence-corrected chi connectivity index (χ4v) is 4.38. The lowest BCUT2D eigenvalue weighted by molar-refractivity contribution is -0.125. The van der Waals surface area contributed by atoms with Gasteiger partial charge in [-0.05, 0) is 47.5 Å². The summed E-state index contributed by atoms with van der Waals surface area (Å²) in [4.78, 5) is 39.1. The van der Waals surface area contributed by atoms with Gasteiger partial charge in [0.1, 0.15) is 0 Å². The number of imide groups is 1. The van der Waals surface area contributed by atoms with Crippen molar-refractivity contribution in [2.24, 2.45) is 0 Å². The van der Waals surface area contributed by atoms with E-state index in [1.807, 2.05) is 37.3 Å². The van der Waals surface area contributed by atoms with Crippen LogP contribution in [-0.2, 0) is 9.59 Å². The summed E-state index contributed by atoms with van der Waals surface area (Å²) in [5.74, 6) is 0.525. The van der Waals surface area contributed by atoms with Gasteiger partial charge in [0.25, 0.3) is 11.1 Å². The summed E-state index contributed by atoms with van der Waals surface area (Å²) in [5, 5.41) is 2.50. The Labute approximate surface area is 184 Å². The summed E-state index contributed by atoms with van der Waals surface area (Å²) in [6, 6.07) is 14.9. The van der Waals surface area contributed by atoms with Crippen LogP contribution < -0.4 is 14.8 Å². The molecule has 160 valence electrons. The summed E-state index contributed by atoms with van der Waals surface area (Å²) < 4.78 is 10.6. The standard InChI is InChI=1S/C23H22N2O5S/c1-2-17(16-6-4-3-5-7-16)21(26)24-10-11-25-22(27)20(31-23(25)28)13-15-8-9-18-19(12-15)30-14-29-18/h3-9,12-13,17H,2,10-11,14H2,1H3,(H,24,26)/b20-13-. The van der Waals surface area contributed by atoms with E-state index in [0.717, 1.165) is 27.8 Å². The molecule has 7 nitrogen and oxygen atoms in total. The predicted molar refractivity (Wildman–Crippen MR) is 118 cm³/mol. The number of nitrogens with one attached hydrogen (secondary N) is 1. The van der Waals surface area contributed by atoms with Crippen LogP contribution in [0.4, 0.5) is 4.79 Å². The summed E-state index contributed by atoms with van der Waals surface area (Å²) in [7, 11) is 0. The van der Waals surface area contributed by atoms with Crippen molar-refractivity contribution in [3.8, 4) is 11.5 Å². The summed E-state index contributed by atoms with van der Waals surface area (Å²) in [6.07, 6.45) is 2.32. The number of carbonyl (C=O) groups excluding carboxylic acids is 3. The number of thioether (sulfide) groups is 1. The van der Waals surface area contributed by atoms with Crippen molar-refractivity contribution in [2.75, 3.05) is 19.9 Å². The molecule has 2 aliphatic heterocycles. The second kappa shape index (κ2) is 9.26. The van der Waals surface area contributed by atoms with Crippen molar-refractivity contribution in [1.82, 2.24) is 10.2 Å². The highest BCUT2D eigenvalue weighted by molar-refractivity contribution is 8.18. The number of carbonyl (C=O) groups is 3. The molecule has 31 heavy (non-hydrogen) atoms. The van der Waals surface area contributed by atoms with E-state index in [4.69, 9.17) is 9.47 Å². The Kier molecular flexibility index (Phi) is 6.27. The van der Waals surface area contributed by atoms with Crippen LogP contribution in [-0.4, -0.2) is 41.8 Å². The van der Waals surface area contributed by atoms with Gasteiger partial charge in [-0.3, -0.25) is 19.3 Å². The minimum absolute atomic E-state index is 0.114. The molecule has 1 saturated heterocycles. The van der Waals surface area contributed by atoms with Crippen LogP contribution in [0.3, 0.4) is 0 Å². The number of amides is 3. The van der Waals surface area contributed by atoms with E-state index in [2.05, 4.69) is 5.32 Å². The minimum Gasteiger partial charge on any atom is -0.454 e. The topological polar surface area (TPSA) is 84.9 Å². The van der Waals surface area contributed by atoms with Gasteiger partial charge in [-0.1, -0.05) is 43.3 Å². The van der Waals surface area contributed by atoms with Crippen LogP contribution in [0.25, 0.3) is 6.08 Å². The molecular formula is C23H22N2O5S. The molecule has 2 heterocycles. The van der Waals surface area contributed by atoms with Crippen LogP contribution in [0.15, 0.2) is 53.4 Å². The first-order valence-electron chi connectivity index (χ1n) is 10.0. The maximum Gasteiger partial charge on any atom is 0.293 e. The van der Waals surface area contributed by atoms with Crippen molar-refractivity contribution in [1.29, 1.82) is 0 Å². The van der Waals surface area contributed by atoms with Crippen LogP contribution in [0, 0.1) is 0 Å². The second-order valence-electron chi connectivity index (χ2n) is 7.11. The molecule has 1 unspecified atom stereocenters. The maximum absolute atomic E-state index is 12.7. The van der Waals surface area contributed by atoms with Crippen LogP contribution >= 0.6 is 11.8 Å². The first kappa shape index (κ1) is 21.0. The number of hydrogen-bond acceptors (Lipinski definition) is 6. The molecule has 3 amide bonds. The third-order valence-corrected chi connectivity index (χ3v) is 6.04. The second-order valence-corrected chi connectivity index (χ2v) is 8.10. The molecule has 0 spiro atoms. The van der Waals surface area contributed by atoms with Gasteiger partial charge in [0.15, 0.2) is 11.5 Å². The Morgan fingerprint density at radius 3 is 2.71 bits per heavy atom. The molecule has 2 aromatic carbocycles. The van der Waals surface area contributed by atoms with Gasteiger partial charge in [0, 0.05) is 13.1 Å². The number of rotatable bonds is 7. The zero-order valence-corrected chi connectivity index (χ0v) is 17.8. The quantitative estimate of drug-likeness (QED) is 0.663. The SMILES string of the molecule is CCC(C(=O)NCCN1C(=O)S/C(=C\c2ccc3c(c2)OCO3)C1=O)c1ccccc1. The molecular weight excluding hydrogens is 416 g/mol. The Bertz CT molecular complexity index is 1040. The zero-order valence-electron chi connectivity index (χ0n) is 17.0. The average molecular weight is 439 g/mol. The molecule has 4 rings (SSSR count). The van der Waals surface area contributed by atoms with E-state index in [1.165, 1.54) is 0 Å². The molecule has 0 aromatic heterocycles. The van der Waals surface area contributed by atoms with Crippen LogP contribution in [0.2, 0.25) is 0 Å². The lowest BCUT2D eigenvalue weighted by Gasteiger charge is -2.17. The van der Waals surface area contributed by atoms with E-state index in [0.29, 0.717) is 22.8 Å². The predicted octanol–water partition coefficient (Wildman–Crippen LogP) is 3.76. The Morgan fingerprint density at radius 2 is 1.94 bits per heavy atom. The molecule has 1 N–H and O–H groups in total. The Hall–Kier alpha value is -3.26. The van der Waals surface area contributed by atoms with Crippen molar-refractivity contribution in [3.63, 3.8) is 0 Å². The first-order chi connectivity index (χ1) is 15.1. The number of nitrogens with zero attached hydrogens (tertiary/aromatic N) is 1. The van der Waals surface area contributed by atoms with Gasteiger partial charge in [-0.15, -0.1) is 0 Å². The van der Waals surface area contributed by atoms with Crippen LogP contribution in [0.5, 0.6) is 11.5 Å². The summed E-state index contributed by atoms with van der Waals surface area (Å²) in [6.45, 7) is 2.45. The molecule has 1 atom stereocenters. The summed E-state index contributed by atoms with van der Waals surface area (Å²) >= 11 is 0.890. The van der Waals surface area contributed by atoms with Gasteiger partial charge in [-0.25, -0.2) is 0 Å². The third kappa shape index (κ3) is 4.59. The molecule has 2 aromatic rings. The van der Waals surface area contributed by atoms with Crippen molar-refractivity contribution in [2.45, 2.75) is 19.3 Å². The van der Waals surface area contributed by atoms with Crippen molar-refractivity contribution < 1.29 is 23.9 Å². The lowest BCUT2D eigenvalue weighted by Crippen LogP contribution is -2.38. The number of benzene rings is 2. The molecule has 8 heteroatoms. The highest BCUT2D eigenvalue weighted by Gasteiger charge is 2.35. The van der Waals surface area contributed by atoms with Crippen molar-refractivity contribution >= 4 is 34.9 Å². The summed E-state index contributed by atoms with van der Waals surface area (Å²) in [5.41, 5.74) is 1.69. The van der Waals surface area contributed by atoms with Gasteiger partial charge < -0.3 is 14.8 Å². The maximum atomic E-state index is 12.7. The van der Waals surface area contributed by atoms with E-state index >= 15 is 0 Å². The fourth-order valence-electron chi connectivity index (χ4n) is 3.52. The van der Waals surface area contributed by atoms with E-state index in [9.17, 15) is 14.4 Å². The first-order valence-corrected chi connectivity index (χ1v) is 10.9. The van der Waals surface area contributed by atoms with Crippen LogP contribution in [0.1, 0.15) is 30.4 Å². The minimum atomic E-state index is -0.364. The molecule has 0 aliphatic carbocycles. The molecule has 0 bridgehead atoms. The number of hydrogen-bond donors (Lipinski definition) is 1. The number of fused-ring (bicyclic) bond motifs is 1. The molecule has 2 aliphatic rings. The highest BCUT2D eigenvalue weighted by atomic mass is 32.2. The number of ether oxygens (including phenoxy) is 2. The van der Waals surface area contributed by atoms with Gasteiger partial charge >= 0.3 is 0 Å². The smallest absolute Gasteiger partial charge is 0.293 e. The molecule has 0 radical (unpaired) electrons. The Balaban J connectivity index is 1.35. The molecule has 0 saturated carbocycles.